The molecule has 3 rings (SSSR count). The van der Waals surface area contributed by atoms with Gasteiger partial charge in [-0.05, 0) is 43.2 Å². The van der Waals surface area contributed by atoms with E-state index in [0.717, 1.165) is 16.2 Å². The lowest BCUT2D eigenvalue weighted by Crippen LogP contribution is -2.58. The van der Waals surface area contributed by atoms with Crippen LogP contribution in [-0.2, 0) is 16.0 Å². The Bertz CT molecular complexity index is 787. The first-order chi connectivity index (χ1) is 12.1. The molecule has 0 unspecified atom stereocenters. The van der Waals surface area contributed by atoms with E-state index in [4.69, 9.17) is 4.74 Å². The van der Waals surface area contributed by atoms with Crippen LogP contribution < -0.4 is 15.0 Å². The summed E-state index contributed by atoms with van der Waals surface area (Å²) in [7, 11) is 0. The van der Waals surface area contributed by atoms with Gasteiger partial charge in [-0.15, -0.1) is 0 Å². The fraction of sp³-hybridized carbons (Fsp3) is 0.211. The van der Waals surface area contributed by atoms with Gasteiger partial charge < -0.3 is 4.74 Å². The molecule has 1 aliphatic rings. The second-order valence-electron chi connectivity index (χ2n) is 5.64. The van der Waals surface area contributed by atoms with Crippen molar-refractivity contribution in [1.29, 1.82) is 0 Å². The summed E-state index contributed by atoms with van der Waals surface area (Å²) in [6.45, 7) is 2.46. The topological polar surface area (TPSA) is 75.7 Å². The molecular formula is C19H18N2O4. The molecule has 4 amide bonds. The Kier molecular flexibility index (Phi) is 4.79. The largest absolute Gasteiger partial charge is 0.494 e. The summed E-state index contributed by atoms with van der Waals surface area (Å²) in [6, 6.07) is 15.1. The Morgan fingerprint density at radius 3 is 2.32 bits per heavy atom. The van der Waals surface area contributed by atoms with E-state index in [1.54, 1.807) is 42.5 Å². The van der Waals surface area contributed by atoms with Crippen LogP contribution in [0.4, 0.5) is 10.5 Å². The third-order valence-corrected chi connectivity index (χ3v) is 3.96. The zero-order valence-corrected chi connectivity index (χ0v) is 13.8. The maximum absolute atomic E-state index is 12.7. The number of imide groups is 2. The van der Waals surface area contributed by atoms with Gasteiger partial charge in [0.2, 0.25) is 11.8 Å². The molecule has 6 heteroatoms. The summed E-state index contributed by atoms with van der Waals surface area (Å²) < 4.78 is 5.38. The molecule has 6 nitrogen and oxygen atoms in total. The first-order valence-electron chi connectivity index (χ1n) is 8.05. The molecule has 0 saturated carbocycles. The number of nitrogens with zero attached hydrogens (tertiary/aromatic N) is 1. The molecule has 1 N–H and O–H groups in total. The molecule has 25 heavy (non-hydrogen) atoms. The molecular weight excluding hydrogens is 320 g/mol. The van der Waals surface area contributed by atoms with Crippen molar-refractivity contribution in [2.24, 2.45) is 5.92 Å². The molecule has 128 valence electrons. The molecule has 1 aliphatic heterocycles. The van der Waals surface area contributed by atoms with Crippen LogP contribution in [0.1, 0.15) is 12.5 Å². The number of carbonyl (C=O) groups is 3. The second kappa shape index (κ2) is 7.17. The summed E-state index contributed by atoms with van der Waals surface area (Å²) in [5.41, 5.74) is 1.26. The van der Waals surface area contributed by atoms with Crippen molar-refractivity contribution in [1.82, 2.24) is 5.32 Å². The van der Waals surface area contributed by atoms with E-state index in [1.165, 1.54) is 0 Å². The van der Waals surface area contributed by atoms with E-state index in [-0.39, 0.29) is 6.42 Å². The molecule has 1 atom stereocenters. The molecule has 2 aromatic carbocycles. The van der Waals surface area contributed by atoms with E-state index in [0.29, 0.717) is 12.3 Å². The van der Waals surface area contributed by atoms with Crippen LogP contribution in [0.2, 0.25) is 0 Å². The molecule has 1 fully saturated rings. The molecule has 1 heterocycles. The van der Waals surface area contributed by atoms with Crippen molar-refractivity contribution in [2.75, 3.05) is 11.5 Å². The Morgan fingerprint density at radius 2 is 1.68 bits per heavy atom. The average Bonchev–Trinajstić information content (AvgIpc) is 2.61. The third-order valence-electron chi connectivity index (χ3n) is 3.96. The Labute approximate surface area is 145 Å². The first kappa shape index (κ1) is 16.7. The number of carbonyl (C=O) groups excluding carboxylic acids is 3. The first-order valence-corrected chi connectivity index (χ1v) is 8.05. The number of ether oxygens (including phenoxy) is 1. The summed E-state index contributed by atoms with van der Waals surface area (Å²) in [5, 5.41) is 2.26. The van der Waals surface area contributed by atoms with Gasteiger partial charge in [-0.3, -0.25) is 14.9 Å². The van der Waals surface area contributed by atoms with Crippen LogP contribution in [0.15, 0.2) is 54.6 Å². The molecule has 0 bridgehead atoms. The van der Waals surface area contributed by atoms with Gasteiger partial charge in [0, 0.05) is 0 Å². The lowest BCUT2D eigenvalue weighted by Gasteiger charge is -2.30. The van der Waals surface area contributed by atoms with E-state index < -0.39 is 23.8 Å². The molecule has 0 radical (unpaired) electrons. The van der Waals surface area contributed by atoms with Crippen LogP contribution in [0.25, 0.3) is 0 Å². The van der Waals surface area contributed by atoms with Gasteiger partial charge in [-0.25, -0.2) is 9.69 Å². The number of amides is 4. The van der Waals surface area contributed by atoms with Crippen molar-refractivity contribution < 1.29 is 19.1 Å². The standard InChI is InChI=1S/C19H18N2O4/c1-2-25-15-10-8-13(9-11-15)12-16-17(22)20-19(24)21(18(16)23)14-6-4-3-5-7-14/h3-11,16H,2,12H2,1H3,(H,20,22,24)/t16-/m0/s1. The lowest BCUT2D eigenvalue weighted by molar-refractivity contribution is -0.134. The Balaban J connectivity index is 1.81. The van der Waals surface area contributed by atoms with Gasteiger partial charge in [0.25, 0.3) is 0 Å². The van der Waals surface area contributed by atoms with Crippen LogP contribution in [0.3, 0.4) is 0 Å². The van der Waals surface area contributed by atoms with Gasteiger partial charge in [0.1, 0.15) is 11.7 Å². The van der Waals surface area contributed by atoms with Crippen molar-refractivity contribution in [3.05, 3.63) is 60.2 Å². The maximum Gasteiger partial charge on any atom is 0.335 e. The smallest absolute Gasteiger partial charge is 0.335 e. The number of barbiturate groups is 1. The lowest BCUT2D eigenvalue weighted by atomic mass is 9.95. The van der Waals surface area contributed by atoms with Crippen LogP contribution in [0.5, 0.6) is 5.75 Å². The van der Waals surface area contributed by atoms with Gasteiger partial charge in [0.05, 0.1) is 12.3 Å². The van der Waals surface area contributed by atoms with Crippen molar-refractivity contribution in [2.45, 2.75) is 13.3 Å². The average molecular weight is 338 g/mol. The SMILES string of the molecule is CCOc1ccc(C[C@H]2C(=O)NC(=O)N(c3ccccc3)C2=O)cc1. The fourth-order valence-electron chi connectivity index (χ4n) is 2.74. The number of benzene rings is 2. The van der Waals surface area contributed by atoms with Crippen molar-refractivity contribution >= 4 is 23.5 Å². The molecule has 0 aromatic heterocycles. The number of nitrogens with one attached hydrogen (secondary N) is 1. The zero-order valence-electron chi connectivity index (χ0n) is 13.8. The number of anilines is 1. The number of para-hydroxylation sites is 1. The number of hydrogen-bond acceptors (Lipinski definition) is 4. The van der Waals surface area contributed by atoms with Gasteiger partial charge in [-0.2, -0.15) is 0 Å². The fourth-order valence-corrected chi connectivity index (χ4v) is 2.74. The Morgan fingerprint density at radius 1 is 1.00 bits per heavy atom. The van der Waals surface area contributed by atoms with Crippen LogP contribution >= 0.6 is 0 Å². The van der Waals surface area contributed by atoms with E-state index in [1.807, 2.05) is 19.1 Å². The molecule has 1 saturated heterocycles. The van der Waals surface area contributed by atoms with Crippen molar-refractivity contribution in [3.63, 3.8) is 0 Å². The molecule has 0 spiro atoms. The molecule has 2 aromatic rings. The third kappa shape index (κ3) is 3.52. The summed E-state index contributed by atoms with van der Waals surface area (Å²) in [6.07, 6.45) is 0.216. The summed E-state index contributed by atoms with van der Waals surface area (Å²) in [4.78, 5) is 38.0. The maximum atomic E-state index is 12.7. The van der Waals surface area contributed by atoms with Crippen LogP contribution in [0, 0.1) is 5.92 Å². The normalized spacial score (nSPS) is 17.4. The second-order valence-corrected chi connectivity index (χ2v) is 5.64. The number of urea groups is 1. The van der Waals surface area contributed by atoms with E-state index >= 15 is 0 Å². The van der Waals surface area contributed by atoms with Crippen molar-refractivity contribution in [3.8, 4) is 5.75 Å². The minimum atomic E-state index is -0.948. The highest BCUT2D eigenvalue weighted by molar-refractivity contribution is 6.27. The summed E-state index contributed by atoms with van der Waals surface area (Å²) in [5.74, 6) is -1.31. The van der Waals surface area contributed by atoms with E-state index in [2.05, 4.69) is 5.32 Å². The minimum Gasteiger partial charge on any atom is -0.494 e. The highest BCUT2D eigenvalue weighted by atomic mass is 16.5. The van der Waals surface area contributed by atoms with Gasteiger partial charge in [-0.1, -0.05) is 30.3 Å². The monoisotopic (exact) mass is 338 g/mol. The summed E-state index contributed by atoms with van der Waals surface area (Å²) >= 11 is 0. The van der Waals surface area contributed by atoms with Gasteiger partial charge in [0.15, 0.2) is 0 Å². The van der Waals surface area contributed by atoms with Gasteiger partial charge >= 0.3 is 6.03 Å². The quantitative estimate of drug-likeness (QED) is 0.850. The highest BCUT2D eigenvalue weighted by Gasteiger charge is 2.41. The van der Waals surface area contributed by atoms with Crippen LogP contribution in [-0.4, -0.2) is 24.5 Å². The predicted octanol–water partition coefficient (Wildman–Crippen LogP) is 2.53. The highest BCUT2D eigenvalue weighted by Crippen LogP contribution is 2.23. The minimum absolute atomic E-state index is 0.216. The number of rotatable bonds is 5. The van der Waals surface area contributed by atoms with E-state index in [9.17, 15) is 14.4 Å². The zero-order chi connectivity index (χ0) is 17.8. The Hall–Kier alpha value is -3.15. The molecule has 0 aliphatic carbocycles. The predicted molar refractivity (Wildman–Crippen MR) is 92.3 cm³/mol. The number of hydrogen-bond donors (Lipinski definition) is 1.